The highest BCUT2D eigenvalue weighted by atomic mass is 127. The minimum atomic E-state index is -0.334. The Morgan fingerprint density at radius 1 is 1.22 bits per heavy atom. The molecule has 1 aliphatic heterocycles. The lowest BCUT2D eigenvalue weighted by atomic mass is 10.2. The van der Waals surface area contributed by atoms with E-state index in [1.54, 1.807) is 36.4 Å². The van der Waals surface area contributed by atoms with Crippen molar-refractivity contribution in [3.8, 4) is 5.75 Å². The standard InChI is InChI=1S/C16H10FIN2O2S/c17-10-2-4-11(5-3-10)19-16-20-15(22)14(23-16)8-9-1-6-13(21)12(18)7-9/h1-8,21H,(H,19,20,22)/b14-8-. The van der Waals surface area contributed by atoms with Gasteiger partial charge in [0, 0.05) is 0 Å². The van der Waals surface area contributed by atoms with E-state index in [2.05, 4.69) is 10.3 Å². The van der Waals surface area contributed by atoms with Crippen molar-refractivity contribution in [3.63, 3.8) is 0 Å². The van der Waals surface area contributed by atoms with Crippen LogP contribution in [0.3, 0.4) is 0 Å². The molecule has 116 valence electrons. The maximum atomic E-state index is 12.9. The largest absolute Gasteiger partial charge is 0.507 e. The number of nitrogens with zero attached hydrogens (tertiary/aromatic N) is 1. The van der Waals surface area contributed by atoms with Crippen LogP contribution in [0.4, 0.5) is 10.1 Å². The van der Waals surface area contributed by atoms with Crippen LogP contribution in [0.5, 0.6) is 5.75 Å². The molecule has 0 saturated carbocycles. The van der Waals surface area contributed by atoms with Gasteiger partial charge in [-0.25, -0.2) is 9.38 Å². The predicted molar refractivity (Wildman–Crippen MR) is 98.0 cm³/mol. The Morgan fingerprint density at radius 2 is 1.96 bits per heavy atom. The minimum Gasteiger partial charge on any atom is -0.507 e. The zero-order chi connectivity index (χ0) is 16.4. The van der Waals surface area contributed by atoms with Gasteiger partial charge in [-0.3, -0.25) is 4.79 Å². The lowest BCUT2D eigenvalue weighted by molar-refractivity contribution is -0.115. The lowest BCUT2D eigenvalue weighted by Crippen LogP contribution is -2.19. The average molecular weight is 440 g/mol. The molecule has 0 unspecified atom stereocenters. The van der Waals surface area contributed by atoms with E-state index < -0.39 is 0 Å². The fourth-order valence-corrected chi connectivity index (χ4v) is 3.26. The molecule has 2 aromatic rings. The first kappa shape index (κ1) is 16.0. The third-order valence-electron chi connectivity index (χ3n) is 2.98. The molecule has 2 aromatic carbocycles. The van der Waals surface area contributed by atoms with Crippen molar-refractivity contribution >= 4 is 57.2 Å². The van der Waals surface area contributed by atoms with Crippen molar-refractivity contribution in [2.45, 2.75) is 0 Å². The van der Waals surface area contributed by atoms with E-state index in [0.29, 0.717) is 19.3 Å². The Labute approximate surface area is 149 Å². The zero-order valence-electron chi connectivity index (χ0n) is 11.6. The van der Waals surface area contributed by atoms with Crippen molar-refractivity contribution in [1.82, 2.24) is 5.32 Å². The van der Waals surface area contributed by atoms with Crippen LogP contribution in [-0.4, -0.2) is 16.2 Å². The van der Waals surface area contributed by atoms with E-state index in [0.717, 1.165) is 5.56 Å². The Bertz CT molecular complexity index is 834. The zero-order valence-corrected chi connectivity index (χ0v) is 14.6. The van der Waals surface area contributed by atoms with Crippen molar-refractivity contribution in [2.75, 3.05) is 0 Å². The Morgan fingerprint density at radius 3 is 2.65 bits per heavy atom. The smallest absolute Gasteiger partial charge is 0.264 e. The summed E-state index contributed by atoms with van der Waals surface area (Å²) in [5, 5.41) is 12.6. The number of halogens is 2. The molecular formula is C16H10FIN2O2S. The van der Waals surface area contributed by atoms with Crippen molar-refractivity contribution in [2.24, 2.45) is 4.99 Å². The van der Waals surface area contributed by atoms with E-state index in [-0.39, 0.29) is 17.5 Å². The molecule has 0 spiro atoms. The van der Waals surface area contributed by atoms with E-state index in [9.17, 15) is 14.3 Å². The summed E-state index contributed by atoms with van der Waals surface area (Å²) in [6, 6.07) is 10.8. The number of carbonyl (C=O) groups excluding carboxylic acids is 1. The van der Waals surface area contributed by atoms with E-state index >= 15 is 0 Å². The quantitative estimate of drug-likeness (QED) is 0.548. The highest BCUT2D eigenvalue weighted by molar-refractivity contribution is 14.1. The van der Waals surface area contributed by atoms with Gasteiger partial charge in [0.15, 0.2) is 5.17 Å². The minimum absolute atomic E-state index is 0.204. The van der Waals surface area contributed by atoms with Crippen molar-refractivity contribution < 1.29 is 14.3 Å². The maximum Gasteiger partial charge on any atom is 0.264 e. The summed E-state index contributed by atoms with van der Waals surface area (Å²) < 4.78 is 13.6. The van der Waals surface area contributed by atoms with Gasteiger partial charge in [0.1, 0.15) is 11.6 Å². The molecule has 1 saturated heterocycles. The number of nitrogens with one attached hydrogen (secondary N) is 1. The monoisotopic (exact) mass is 440 g/mol. The fraction of sp³-hybridized carbons (Fsp3) is 0. The lowest BCUT2D eigenvalue weighted by Gasteiger charge is -1.99. The van der Waals surface area contributed by atoms with E-state index in [4.69, 9.17) is 0 Å². The summed E-state index contributed by atoms with van der Waals surface area (Å²) in [5.74, 6) is -0.367. The molecular weight excluding hydrogens is 430 g/mol. The number of hydrogen-bond donors (Lipinski definition) is 2. The number of phenolic OH excluding ortho intramolecular Hbond substituents is 1. The highest BCUT2D eigenvalue weighted by Crippen LogP contribution is 2.29. The third kappa shape index (κ3) is 3.91. The van der Waals surface area contributed by atoms with Gasteiger partial charge in [-0.05, 0) is 82.4 Å². The SMILES string of the molecule is O=C1NC(=Nc2ccc(F)cc2)S/C1=C\c1ccc(O)c(I)c1. The van der Waals surface area contributed by atoms with Crippen LogP contribution < -0.4 is 5.32 Å². The first-order valence-corrected chi connectivity index (χ1v) is 8.44. The average Bonchev–Trinajstić information content (AvgIpc) is 2.85. The number of aliphatic imine (C=N–C) groups is 1. The molecule has 0 atom stereocenters. The van der Waals surface area contributed by atoms with Crippen molar-refractivity contribution in [1.29, 1.82) is 0 Å². The van der Waals surface area contributed by atoms with Gasteiger partial charge >= 0.3 is 0 Å². The molecule has 0 radical (unpaired) electrons. The second-order valence-corrected chi connectivity index (χ2v) is 6.86. The van der Waals surface area contributed by atoms with Crippen LogP contribution in [0.25, 0.3) is 6.08 Å². The molecule has 1 heterocycles. The Balaban J connectivity index is 1.83. The van der Waals surface area contributed by atoms with Crippen molar-refractivity contribution in [3.05, 3.63) is 62.3 Å². The van der Waals surface area contributed by atoms with Gasteiger partial charge in [0.25, 0.3) is 5.91 Å². The van der Waals surface area contributed by atoms with Crippen LogP contribution in [-0.2, 0) is 4.79 Å². The third-order valence-corrected chi connectivity index (χ3v) is 4.75. The van der Waals surface area contributed by atoms with Gasteiger partial charge in [0.05, 0.1) is 14.2 Å². The van der Waals surface area contributed by atoms with Gasteiger partial charge in [0.2, 0.25) is 0 Å². The van der Waals surface area contributed by atoms with Gasteiger partial charge in [-0.15, -0.1) is 0 Å². The van der Waals surface area contributed by atoms with Crippen LogP contribution in [0.1, 0.15) is 5.56 Å². The molecule has 7 heteroatoms. The summed E-state index contributed by atoms with van der Waals surface area (Å²) in [6.07, 6.45) is 1.73. The molecule has 3 rings (SSSR count). The number of hydrogen-bond acceptors (Lipinski definition) is 4. The van der Waals surface area contributed by atoms with Crippen LogP contribution in [0, 0.1) is 9.39 Å². The Kier molecular flexibility index (Phi) is 4.67. The maximum absolute atomic E-state index is 12.9. The summed E-state index contributed by atoms with van der Waals surface area (Å²) in [7, 11) is 0. The number of thioether (sulfide) groups is 1. The second-order valence-electron chi connectivity index (χ2n) is 4.67. The normalized spacial score (nSPS) is 17.7. The van der Waals surface area contributed by atoms with Gasteiger partial charge in [-0.2, -0.15) is 0 Å². The molecule has 1 fully saturated rings. The summed E-state index contributed by atoms with van der Waals surface area (Å²) in [6.45, 7) is 0. The predicted octanol–water partition coefficient (Wildman–Crippen LogP) is 4.03. The number of amides is 1. The molecule has 1 amide bonds. The summed E-state index contributed by atoms with van der Waals surface area (Å²) >= 11 is 3.24. The molecule has 2 N–H and O–H groups in total. The van der Waals surface area contributed by atoms with Crippen LogP contribution >= 0.6 is 34.4 Å². The molecule has 23 heavy (non-hydrogen) atoms. The summed E-state index contributed by atoms with van der Waals surface area (Å²) in [5.41, 5.74) is 1.38. The fourth-order valence-electron chi connectivity index (χ4n) is 1.88. The van der Waals surface area contributed by atoms with Crippen LogP contribution in [0.2, 0.25) is 0 Å². The number of phenols is 1. The number of aromatic hydroxyl groups is 1. The Hall–Kier alpha value is -1.87. The molecule has 0 aromatic heterocycles. The first-order valence-electron chi connectivity index (χ1n) is 6.55. The number of benzene rings is 2. The highest BCUT2D eigenvalue weighted by Gasteiger charge is 2.23. The second kappa shape index (κ2) is 6.71. The van der Waals surface area contributed by atoms with Crippen LogP contribution in [0.15, 0.2) is 52.4 Å². The number of carbonyl (C=O) groups is 1. The number of rotatable bonds is 2. The van der Waals surface area contributed by atoms with Gasteiger partial charge in [-0.1, -0.05) is 6.07 Å². The first-order chi connectivity index (χ1) is 11.0. The molecule has 4 nitrogen and oxygen atoms in total. The van der Waals surface area contributed by atoms with E-state index in [1.807, 2.05) is 22.6 Å². The summed E-state index contributed by atoms with van der Waals surface area (Å²) in [4.78, 5) is 16.8. The van der Waals surface area contributed by atoms with E-state index in [1.165, 1.54) is 23.9 Å². The molecule has 0 bridgehead atoms. The number of amidine groups is 1. The molecule has 0 aliphatic carbocycles. The molecule has 1 aliphatic rings. The topological polar surface area (TPSA) is 61.7 Å². The van der Waals surface area contributed by atoms with Gasteiger partial charge < -0.3 is 10.4 Å².